The van der Waals surface area contributed by atoms with Gasteiger partial charge in [0.05, 0.1) is 13.2 Å². The lowest BCUT2D eigenvalue weighted by atomic mass is 10.1. The molecule has 1 atom stereocenters. The summed E-state index contributed by atoms with van der Waals surface area (Å²) < 4.78 is 5.32. The minimum Gasteiger partial charge on any atom is -0.481 e. The summed E-state index contributed by atoms with van der Waals surface area (Å²) in [4.78, 5) is 12.6. The predicted molar refractivity (Wildman–Crippen MR) is 53.2 cm³/mol. The highest BCUT2D eigenvalue weighted by Gasteiger charge is 2.22. The van der Waals surface area contributed by atoms with Crippen LogP contribution in [0.5, 0.6) is 0 Å². The zero-order valence-electron chi connectivity index (χ0n) is 8.32. The van der Waals surface area contributed by atoms with Gasteiger partial charge in [0.1, 0.15) is 0 Å². The van der Waals surface area contributed by atoms with E-state index in [1.165, 1.54) is 0 Å². The lowest BCUT2D eigenvalue weighted by molar-refractivity contribution is -0.137. The van der Waals surface area contributed by atoms with Crippen molar-refractivity contribution in [2.75, 3.05) is 26.3 Å². The second kappa shape index (κ2) is 5.78. The van der Waals surface area contributed by atoms with Crippen LogP contribution in [0.2, 0.25) is 0 Å². The molecule has 14 heavy (non-hydrogen) atoms. The zero-order valence-corrected chi connectivity index (χ0v) is 8.32. The molecule has 1 heterocycles. The Bertz CT molecular complexity index is 206. The SMILES string of the molecule is C=CCN1CCOCC1CCC(=O)O. The van der Waals surface area contributed by atoms with Gasteiger partial charge in [0.15, 0.2) is 0 Å². The van der Waals surface area contributed by atoms with Crippen LogP contribution in [0.3, 0.4) is 0 Å². The first-order chi connectivity index (χ1) is 6.74. The van der Waals surface area contributed by atoms with E-state index in [-0.39, 0.29) is 12.5 Å². The van der Waals surface area contributed by atoms with Gasteiger partial charge >= 0.3 is 5.97 Å². The Hall–Kier alpha value is -0.870. The maximum Gasteiger partial charge on any atom is 0.303 e. The third-order valence-electron chi connectivity index (χ3n) is 2.40. The smallest absolute Gasteiger partial charge is 0.303 e. The molecule has 0 aromatic rings. The van der Waals surface area contributed by atoms with E-state index < -0.39 is 5.97 Å². The van der Waals surface area contributed by atoms with Crippen LogP contribution in [0, 0.1) is 0 Å². The van der Waals surface area contributed by atoms with Gasteiger partial charge in [-0.15, -0.1) is 6.58 Å². The second-order valence-electron chi connectivity index (χ2n) is 3.44. The van der Waals surface area contributed by atoms with Gasteiger partial charge in [-0.2, -0.15) is 0 Å². The molecule has 1 rings (SSSR count). The van der Waals surface area contributed by atoms with Crippen LogP contribution in [0.15, 0.2) is 12.7 Å². The Balaban J connectivity index is 2.37. The molecule has 80 valence electrons. The van der Waals surface area contributed by atoms with Crippen molar-refractivity contribution in [3.05, 3.63) is 12.7 Å². The number of aliphatic carboxylic acids is 1. The molecule has 1 aliphatic heterocycles. The van der Waals surface area contributed by atoms with E-state index in [4.69, 9.17) is 9.84 Å². The van der Waals surface area contributed by atoms with Crippen molar-refractivity contribution >= 4 is 5.97 Å². The zero-order chi connectivity index (χ0) is 10.4. The minimum absolute atomic E-state index is 0.210. The van der Waals surface area contributed by atoms with Crippen LogP contribution in [-0.4, -0.2) is 48.3 Å². The molecule has 0 bridgehead atoms. The van der Waals surface area contributed by atoms with Crippen molar-refractivity contribution in [1.82, 2.24) is 4.90 Å². The summed E-state index contributed by atoms with van der Waals surface area (Å²) in [7, 11) is 0. The number of hydrogen-bond donors (Lipinski definition) is 1. The van der Waals surface area contributed by atoms with Gasteiger partial charge in [-0.3, -0.25) is 9.69 Å². The molecular weight excluding hydrogens is 182 g/mol. The molecule has 1 aliphatic rings. The number of hydrogen-bond acceptors (Lipinski definition) is 3. The maximum atomic E-state index is 10.4. The summed E-state index contributed by atoms with van der Waals surface area (Å²) in [6, 6.07) is 0.234. The van der Waals surface area contributed by atoms with Gasteiger partial charge < -0.3 is 9.84 Å². The second-order valence-corrected chi connectivity index (χ2v) is 3.44. The summed E-state index contributed by atoms with van der Waals surface area (Å²) in [5.41, 5.74) is 0. The van der Waals surface area contributed by atoms with Crippen molar-refractivity contribution in [2.45, 2.75) is 18.9 Å². The summed E-state index contributed by atoms with van der Waals surface area (Å²) in [5.74, 6) is -0.742. The highest BCUT2D eigenvalue weighted by Crippen LogP contribution is 2.12. The van der Waals surface area contributed by atoms with Crippen molar-refractivity contribution in [2.24, 2.45) is 0 Å². The number of morpholine rings is 1. The monoisotopic (exact) mass is 199 g/mol. The fourth-order valence-corrected chi connectivity index (χ4v) is 1.65. The van der Waals surface area contributed by atoms with Gasteiger partial charge in [0, 0.05) is 25.6 Å². The Morgan fingerprint density at radius 2 is 2.50 bits per heavy atom. The first-order valence-corrected chi connectivity index (χ1v) is 4.88. The summed E-state index contributed by atoms with van der Waals surface area (Å²) >= 11 is 0. The molecular formula is C10H17NO3. The summed E-state index contributed by atoms with van der Waals surface area (Å²) in [6.45, 7) is 6.74. The molecule has 0 aromatic carbocycles. The van der Waals surface area contributed by atoms with Gasteiger partial charge in [0.25, 0.3) is 0 Å². The van der Waals surface area contributed by atoms with Crippen molar-refractivity contribution < 1.29 is 14.6 Å². The third kappa shape index (κ3) is 3.47. The van der Waals surface area contributed by atoms with E-state index in [2.05, 4.69) is 11.5 Å². The molecule has 1 N–H and O–H groups in total. The van der Waals surface area contributed by atoms with Gasteiger partial charge in [-0.1, -0.05) is 6.08 Å². The molecule has 0 saturated carbocycles. The van der Waals surface area contributed by atoms with E-state index in [9.17, 15) is 4.79 Å². The van der Waals surface area contributed by atoms with Crippen molar-refractivity contribution in [3.63, 3.8) is 0 Å². The van der Waals surface area contributed by atoms with Gasteiger partial charge in [-0.25, -0.2) is 0 Å². The van der Waals surface area contributed by atoms with Crippen LogP contribution in [-0.2, 0) is 9.53 Å². The number of nitrogens with zero attached hydrogens (tertiary/aromatic N) is 1. The fourth-order valence-electron chi connectivity index (χ4n) is 1.65. The van der Waals surface area contributed by atoms with Crippen LogP contribution < -0.4 is 0 Å². The lowest BCUT2D eigenvalue weighted by Crippen LogP contribution is -2.45. The quantitative estimate of drug-likeness (QED) is 0.663. The molecule has 0 radical (unpaired) electrons. The van der Waals surface area contributed by atoms with E-state index in [0.717, 1.165) is 19.7 Å². The summed E-state index contributed by atoms with van der Waals surface area (Å²) in [6.07, 6.45) is 2.71. The van der Waals surface area contributed by atoms with Crippen molar-refractivity contribution in [1.29, 1.82) is 0 Å². The molecule has 0 spiro atoms. The predicted octanol–water partition coefficient (Wildman–Crippen LogP) is 0.738. The van der Waals surface area contributed by atoms with E-state index in [1.54, 1.807) is 0 Å². The van der Waals surface area contributed by atoms with E-state index in [0.29, 0.717) is 13.0 Å². The molecule has 1 fully saturated rings. The normalized spacial score (nSPS) is 23.3. The first-order valence-electron chi connectivity index (χ1n) is 4.88. The number of carbonyl (C=O) groups is 1. The van der Waals surface area contributed by atoms with Gasteiger partial charge in [0.2, 0.25) is 0 Å². The topological polar surface area (TPSA) is 49.8 Å². The maximum absolute atomic E-state index is 10.4. The Kier molecular flexibility index (Phi) is 4.62. The first kappa shape index (κ1) is 11.2. The van der Waals surface area contributed by atoms with E-state index in [1.807, 2.05) is 6.08 Å². The van der Waals surface area contributed by atoms with Crippen LogP contribution >= 0.6 is 0 Å². The molecule has 0 aromatic heterocycles. The number of carboxylic acids is 1. The Labute approximate surface area is 84.2 Å². The Morgan fingerprint density at radius 3 is 3.14 bits per heavy atom. The molecule has 4 nitrogen and oxygen atoms in total. The van der Waals surface area contributed by atoms with Gasteiger partial charge in [-0.05, 0) is 6.42 Å². The highest BCUT2D eigenvalue weighted by atomic mass is 16.5. The molecule has 4 heteroatoms. The largest absolute Gasteiger partial charge is 0.481 e. The molecule has 1 saturated heterocycles. The fraction of sp³-hybridized carbons (Fsp3) is 0.700. The van der Waals surface area contributed by atoms with E-state index >= 15 is 0 Å². The summed E-state index contributed by atoms with van der Waals surface area (Å²) in [5, 5.41) is 8.58. The number of rotatable bonds is 5. The molecule has 1 unspecified atom stereocenters. The van der Waals surface area contributed by atoms with Crippen LogP contribution in [0.25, 0.3) is 0 Å². The standard InChI is InChI=1S/C10H17NO3/c1-2-5-11-6-7-14-8-9(11)3-4-10(12)13/h2,9H,1,3-8H2,(H,12,13). The number of ether oxygens (including phenoxy) is 1. The number of carboxylic acid groups (broad SMARTS) is 1. The van der Waals surface area contributed by atoms with Crippen LogP contribution in [0.1, 0.15) is 12.8 Å². The molecule has 0 aliphatic carbocycles. The minimum atomic E-state index is -0.742. The Morgan fingerprint density at radius 1 is 1.71 bits per heavy atom. The third-order valence-corrected chi connectivity index (χ3v) is 2.40. The van der Waals surface area contributed by atoms with Crippen molar-refractivity contribution in [3.8, 4) is 0 Å². The molecule has 0 amide bonds. The average Bonchev–Trinajstić information content (AvgIpc) is 2.17. The van der Waals surface area contributed by atoms with Crippen LogP contribution in [0.4, 0.5) is 0 Å². The lowest BCUT2D eigenvalue weighted by Gasteiger charge is -2.34. The average molecular weight is 199 g/mol. The highest BCUT2D eigenvalue weighted by molar-refractivity contribution is 5.66.